The molecule has 2 aliphatic heterocycles. The highest BCUT2D eigenvalue weighted by Gasteiger charge is 2.35. The zero-order chi connectivity index (χ0) is 31.5. The second kappa shape index (κ2) is 22.5. The third kappa shape index (κ3) is 16.2. The zero-order valence-electron chi connectivity index (χ0n) is 27.2. The van der Waals surface area contributed by atoms with Crippen molar-refractivity contribution in [3.05, 3.63) is 11.6 Å². The van der Waals surface area contributed by atoms with E-state index in [0.717, 1.165) is 51.4 Å². The van der Waals surface area contributed by atoms with Crippen LogP contribution in [0.4, 0.5) is 0 Å². The van der Waals surface area contributed by atoms with E-state index in [1.54, 1.807) is 6.08 Å². The molecule has 1 fully saturated rings. The Bertz CT molecular complexity index is 758. The molecule has 0 amide bonds. The average molecular weight is 613 g/mol. The Labute approximate surface area is 261 Å². The number of rotatable bonds is 26. The molecule has 2 rings (SSSR count). The molecule has 1 saturated heterocycles. The third-order valence-electron chi connectivity index (χ3n) is 9.21. The number of unbranched alkanes of at least 4 members (excludes halogenated alkanes) is 13. The molecule has 2 aliphatic rings. The molecule has 0 aromatic carbocycles. The van der Waals surface area contributed by atoms with Crippen LogP contribution in [0.1, 0.15) is 155 Å². The van der Waals surface area contributed by atoms with Crippen molar-refractivity contribution in [1.82, 2.24) is 0 Å². The number of ether oxygens (including phenoxy) is 2. The highest BCUT2D eigenvalue weighted by atomic mass is 16.5. The SMILES string of the molecule is CCCCCCCCCCCCCC[C@@H](O)[C@@H](O)C[C@@H](O)[C@@H](O)[C@H]1CC[C@@H](CCCCC[C@@H](O)CC2=C[C@H](C)OC2=O)O1. The van der Waals surface area contributed by atoms with Gasteiger partial charge in [-0.15, -0.1) is 0 Å². The predicted molar refractivity (Wildman–Crippen MR) is 170 cm³/mol. The summed E-state index contributed by atoms with van der Waals surface area (Å²) >= 11 is 0. The predicted octanol–water partition coefficient (Wildman–Crippen LogP) is 6.03. The summed E-state index contributed by atoms with van der Waals surface area (Å²) in [6.07, 6.45) is 17.8. The summed E-state index contributed by atoms with van der Waals surface area (Å²) in [7, 11) is 0. The second-order valence-electron chi connectivity index (χ2n) is 13.3. The molecule has 0 spiro atoms. The van der Waals surface area contributed by atoms with E-state index in [0.29, 0.717) is 31.3 Å². The van der Waals surface area contributed by atoms with E-state index in [1.807, 2.05) is 6.92 Å². The smallest absolute Gasteiger partial charge is 0.334 e. The van der Waals surface area contributed by atoms with Gasteiger partial charge >= 0.3 is 5.97 Å². The summed E-state index contributed by atoms with van der Waals surface area (Å²) in [5.41, 5.74) is 0.563. The average Bonchev–Trinajstić information content (AvgIpc) is 3.57. The molecule has 0 aliphatic carbocycles. The summed E-state index contributed by atoms with van der Waals surface area (Å²) in [4.78, 5) is 11.7. The van der Waals surface area contributed by atoms with Gasteiger partial charge in [-0.3, -0.25) is 0 Å². The lowest BCUT2D eigenvalue weighted by atomic mass is 9.95. The van der Waals surface area contributed by atoms with Crippen LogP contribution >= 0.6 is 0 Å². The van der Waals surface area contributed by atoms with Gasteiger partial charge in [-0.2, -0.15) is 0 Å². The summed E-state index contributed by atoms with van der Waals surface area (Å²) < 4.78 is 11.1. The Kier molecular flexibility index (Phi) is 19.9. The molecule has 0 aromatic rings. The zero-order valence-corrected chi connectivity index (χ0v) is 27.2. The molecule has 0 radical (unpaired) electrons. The number of carbonyl (C=O) groups excluding carboxylic acids is 1. The van der Waals surface area contributed by atoms with E-state index >= 15 is 0 Å². The molecule has 5 N–H and O–H groups in total. The minimum atomic E-state index is -1.15. The van der Waals surface area contributed by atoms with Gasteiger partial charge in [0.2, 0.25) is 0 Å². The minimum absolute atomic E-state index is 0.0259. The molecule has 8 heteroatoms. The van der Waals surface area contributed by atoms with Crippen molar-refractivity contribution < 1.29 is 39.8 Å². The Morgan fingerprint density at radius 2 is 1.33 bits per heavy atom. The van der Waals surface area contributed by atoms with E-state index in [1.165, 1.54) is 57.8 Å². The van der Waals surface area contributed by atoms with Crippen LogP contribution in [0.25, 0.3) is 0 Å². The van der Waals surface area contributed by atoms with Crippen LogP contribution < -0.4 is 0 Å². The first-order valence-corrected chi connectivity index (χ1v) is 17.7. The summed E-state index contributed by atoms with van der Waals surface area (Å²) in [6.45, 7) is 4.05. The van der Waals surface area contributed by atoms with Crippen molar-refractivity contribution >= 4 is 5.97 Å². The second-order valence-corrected chi connectivity index (χ2v) is 13.3. The van der Waals surface area contributed by atoms with Crippen LogP contribution in [0.2, 0.25) is 0 Å². The third-order valence-corrected chi connectivity index (χ3v) is 9.21. The maximum Gasteiger partial charge on any atom is 0.334 e. The van der Waals surface area contributed by atoms with Gasteiger partial charge in [0.25, 0.3) is 0 Å². The Morgan fingerprint density at radius 3 is 1.93 bits per heavy atom. The van der Waals surface area contributed by atoms with Crippen molar-refractivity contribution in [2.45, 2.75) is 204 Å². The largest absolute Gasteiger partial charge is 0.455 e. The monoisotopic (exact) mass is 612 g/mol. The number of aliphatic hydroxyl groups excluding tert-OH is 5. The number of carbonyl (C=O) groups is 1. The summed E-state index contributed by atoms with van der Waals surface area (Å²) in [5, 5.41) is 52.2. The van der Waals surface area contributed by atoms with Gasteiger partial charge < -0.3 is 35.0 Å². The molecule has 8 nitrogen and oxygen atoms in total. The van der Waals surface area contributed by atoms with Crippen molar-refractivity contribution in [3.8, 4) is 0 Å². The van der Waals surface area contributed by atoms with E-state index < -0.39 is 36.6 Å². The molecule has 0 saturated carbocycles. The Balaban J connectivity index is 1.47. The lowest BCUT2D eigenvalue weighted by Gasteiger charge is -2.27. The molecular weight excluding hydrogens is 548 g/mol. The molecule has 0 aromatic heterocycles. The van der Waals surface area contributed by atoms with E-state index in [9.17, 15) is 30.3 Å². The summed E-state index contributed by atoms with van der Waals surface area (Å²) in [5.74, 6) is -0.327. The van der Waals surface area contributed by atoms with Gasteiger partial charge in [0.1, 0.15) is 12.2 Å². The fourth-order valence-corrected chi connectivity index (χ4v) is 6.44. The fraction of sp³-hybridized carbons (Fsp3) is 0.914. The number of aliphatic hydroxyl groups is 5. The van der Waals surface area contributed by atoms with Crippen LogP contribution in [0.3, 0.4) is 0 Å². The van der Waals surface area contributed by atoms with Crippen LogP contribution in [0.15, 0.2) is 11.6 Å². The standard InChI is InChI=1S/C35H64O8/c1-3-4-5-6-7-8-9-10-11-12-13-17-20-30(37)31(38)25-32(39)34(40)33-22-21-29(43-33)19-16-14-15-18-28(36)24-27-23-26(2)42-35(27)41/h23,26,28-34,36-40H,3-22,24-25H2,1-2H3/t26-,28+,29+,30+,31-,32+,33+,34+/m0/s1. The van der Waals surface area contributed by atoms with Gasteiger partial charge in [-0.25, -0.2) is 4.79 Å². The summed E-state index contributed by atoms with van der Waals surface area (Å²) in [6, 6.07) is 0. The molecule has 252 valence electrons. The van der Waals surface area contributed by atoms with Crippen molar-refractivity contribution in [2.75, 3.05) is 0 Å². The van der Waals surface area contributed by atoms with Gasteiger partial charge in [-0.1, -0.05) is 103 Å². The number of hydrogen-bond donors (Lipinski definition) is 5. The van der Waals surface area contributed by atoms with Gasteiger partial charge in [-0.05, 0) is 45.1 Å². The van der Waals surface area contributed by atoms with E-state index in [-0.39, 0.29) is 24.6 Å². The molecular formula is C35H64O8. The fourth-order valence-electron chi connectivity index (χ4n) is 6.44. The van der Waals surface area contributed by atoms with Crippen LogP contribution in [-0.2, 0) is 14.3 Å². The van der Waals surface area contributed by atoms with Crippen LogP contribution in [-0.4, -0.2) is 80.3 Å². The first-order chi connectivity index (χ1) is 20.7. The lowest BCUT2D eigenvalue weighted by Crippen LogP contribution is -2.41. The maximum absolute atomic E-state index is 11.7. The molecule has 8 atom stereocenters. The topological polar surface area (TPSA) is 137 Å². The van der Waals surface area contributed by atoms with Gasteiger partial charge in [0, 0.05) is 18.4 Å². The minimum Gasteiger partial charge on any atom is -0.455 e. The first-order valence-electron chi connectivity index (χ1n) is 17.7. The highest BCUT2D eigenvalue weighted by Crippen LogP contribution is 2.29. The molecule has 2 heterocycles. The highest BCUT2D eigenvalue weighted by molar-refractivity contribution is 5.90. The van der Waals surface area contributed by atoms with Crippen LogP contribution in [0, 0.1) is 0 Å². The lowest BCUT2D eigenvalue weighted by molar-refractivity contribution is -0.139. The van der Waals surface area contributed by atoms with Gasteiger partial charge in [0.15, 0.2) is 0 Å². The van der Waals surface area contributed by atoms with Crippen LogP contribution in [0.5, 0.6) is 0 Å². The molecule has 0 unspecified atom stereocenters. The normalized spacial score (nSPS) is 24.0. The van der Waals surface area contributed by atoms with Crippen molar-refractivity contribution in [2.24, 2.45) is 0 Å². The first kappa shape index (κ1) is 38.2. The van der Waals surface area contributed by atoms with E-state index in [2.05, 4.69) is 6.92 Å². The van der Waals surface area contributed by atoms with Crippen molar-refractivity contribution in [1.29, 1.82) is 0 Å². The molecule has 0 bridgehead atoms. The number of cyclic esters (lactones) is 1. The molecule has 43 heavy (non-hydrogen) atoms. The van der Waals surface area contributed by atoms with Gasteiger partial charge in [0.05, 0.1) is 36.6 Å². The quantitative estimate of drug-likeness (QED) is 0.0590. The Hall–Kier alpha value is -1.03. The van der Waals surface area contributed by atoms with E-state index in [4.69, 9.17) is 9.47 Å². The number of hydrogen-bond acceptors (Lipinski definition) is 8. The van der Waals surface area contributed by atoms with Crippen molar-refractivity contribution in [3.63, 3.8) is 0 Å². The Morgan fingerprint density at radius 1 is 0.744 bits per heavy atom. The maximum atomic E-state index is 11.7. The number of esters is 1.